The van der Waals surface area contributed by atoms with Crippen molar-refractivity contribution < 1.29 is 14.3 Å². The summed E-state index contributed by atoms with van der Waals surface area (Å²) in [5.41, 5.74) is 0. The SMILES string of the molecule is CCOC(=O)C(C)CC(C)C(=O)NC(C)C. The Hall–Kier alpha value is -1.06. The van der Waals surface area contributed by atoms with Crippen molar-refractivity contribution in [3.8, 4) is 0 Å². The van der Waals surface area contributed by atoms with Gasteiger partial charge in [0.15, 0.2) is 0 Å². The molecule has 2 unspecified atom stereocenters. The van der Waals surface area contributed by atoms with Crippen LogP contribution in [0.5, 0.6) is 0 Å². The van der Waals surface area contributed by atoms with Gasteiger partial charge in [-0.1, -0.05) is 13.8 Å². The lowest BCUT2D eigenvalue weighted by Crippen LogP contribution is -2.35. The van der Waals surface area contributed by atoms with Gasteiger partial charge in [-0.25, -0.2) is 0 Å². The Balaban J connectivity index is 4.07. The largest absolute Gasteiger partial charge is 0.466 e. The van der Waals surface area contributed by atoms with Crippen LogP contribution in [0.15, 0.2) is 0 Å². The zero-order valence-corrected chi connectivity index (χ0v) is 10.9. The molecule has 0 aliphatic rings. The van der Waals surface area contributed by atoms with Crippen LogP contribution >= 0.6 is 0 Å². The van der Waals surface area contributed by atoms with E-state index in [4.69, 9.17) is 4.74 Å². The standard InChI is InChI=1S/C12H23NO3/c1-6-16-12(15)10(5)7-9(4)11(14)13-8(2)3/h8-10H,6-7H2,1-5H3,(H,13,14). The van der Waals surface area contributed by atoms with Gasteiger partial charge >= 0.3 is 5.97 Å². The fraction of sp³-hybridized carbons (Fsp3) is 0.833. The van der Waals surface area contributed by atoms with Crippen LogP contribution in [0.3, 0.4) is 0 Å². The smallest absolute Gasteiger partial charge is 0.308 e. The van der Waals surface area contributed by atoms with Gasteiger partial charge in [0.2, 0.25) is 5.91 Å². The second-order valence-electron chi connectivity index (χ2n) is 4.45. The minimum Gasteiger partial charge on any atom is -0.466 e. The summed E-state index contributed by atoms with van der Waals surface area (Å²) < 4.78 is 4.89. The molecule has 0 rings (SSSR count). The molecular weight excluding hydrogens is 206 g/mol. The van der Waals surface area contributed by atoms with E-state index in [0.29, 0.717) is 13.0 Å². The fourth-order valence-corrected chi connectivity index (χ4v) is 1.44. The summed E-state index contributed by atoms with van der Waals surface area (Å²) in [6.45, 7) is 9.61. The molecule has 0 aromatic rings. The van der Waals surface area contributed by atoms with Crippen molar-refractivity contribution >= 4 is 11.9 Å². The predicted octanol–water partition coefficient (Wildman–Crippen LogP) is 1.74. The Labute approximate surface area is 97.7 Å². The summed E-state index contributed by atoms with van der Waals surface area (Å²) in [6, 6.07) is 0.132. The highest BCUT2D eigenvalue weighted by Crippen LogP contribution is 2.13. The molecule has 0 aromatic carbocycles. The highest BCUT2D eigenvalue weighted by Gasteiger charge is 2.21. The minimum atomic E-state index is -0.230. The van der Waals surface area contributed by atoms with Gasteiger partial charge in [0.1, 0.15) is 0 Å². The Bertz CT molecular complexity index is 238. The molecule has 16 heavy (non-hydrogen) atoms. The first-order chi connectivity index (χ1) is 7.38. The number of esters is 1. The number of amides is 1. The maximum atomic E-state index is 11.6. The van der Waals surface area contributed by atoms with Gasteiger partial charge in [0.05, 0.1) is 12.5 Å². The molecule has 0 saturated carbocycles. The van der Waals surface area contributed by atoms with Crippen molar-refractivity contribution in [3.05, 3.63) is 0 Å². The van der Waals surface area contributed by atoms with E-state index < -0.39 is 0 Å². The lowest BCUT2D eigenvalue weighted by Gasteiger charge is -2.17. The van der Waals surface area contributed by atoms with Crippen LogP contribution in [0.4, 0.5) is 0 Å². The molecule has 0 aromatic heterocycles. The summed E-state index contributed by atoms with van der Waals surface area (Å²) in [7, 11) is 0. The summed E-state index contributed by atoms with van der Waals surface area (Å²) in [4.78, 5) is 23.0. The molecule has 0 spiro atoms. The van der Waals surface area contributed by atoms with E-state index in [9.17, 15) is 9.59 Å². The number of nitrogens with one attached hydrogen (secondary N) is 1. The van der Waals surface area contributed by atoms with Gasteiger partial charge in [0.25, 0.3) is 0 Å². The second-order valence-corrected chi connectivity index (χ2v) is 4.45. The van der Waals surface area contributed by atoms with Crippen LogP contribution in [-0.2, 0) is 14.3 Å². The van der Waals surface area contributed by atoms with E-state index in [2.05, 4.69) is 5.32 Å². The van der Waals surface area contributed by atoms with Crippen LogP contribution in [0.1, 0.15) is 41.0 Å². The van der Waals surface area contributed by atoms with Crippen LogP contribution in [0.2, 0.25) is 0 Å². The third-order valence-electron chi connectivity index (χ3n) is 2.27. The number of carbonyl (C=O) groups excluding carboxylic acids is 2. The van der Waals surface area contributed by atoms with Crippen molar-refractivity contribution in [3.63, 3.8) is 0 Å². The first-order valence-corrected chi connectivity index (χ1v) is 5.85. The third-order valence-corrected chi connectivity index (χ3v) is 2.27. The molecule has 4 heteroatoms. The van der Waals surface area contributed by atoms with E-state index in [-0.39, 0.29) is 29.8 Å². The van der Waals surface area contributed by atoms with Crippen LogP contribution in [-0.4, -0.2) is 24.5 Å². The number of carbonyl (C=O) groups is 2. The molecule has 0 saturated heterocycles. The van der Waals surface area contributed by atoms with Crippen LogP contribution in [0, 0.1) is 11.8 Å². The Kier molecular flexibility index (Phi) is 6.77. The molecule has 0 bridgehead atoms. The average molecular weight is 229 g/mol. The number of hydrogen-bond donors (Lipinski definition) is 1. The Morgan fingerprint density at radius 3 is 2.12 bits per heavy atom. The summed E-state index contributed by atoms with van der Waals surface area (Å²) in [5.74, 6) is -0.632. The maximum Gasteiger partial charge on any atom is 0.308 e. The zero-order valence-electron chi connectivity index (χ0n) is 10.9. The molecule has 1 amide bonds. The van der Waals surface area contributed by atoms with Gasteiger partial charge in [-0.05, 0) is 27.2 Å². The molecule has 2 atom stereocenters. The van der Waals surface area contributed by atoms with Crippen molar-refractivity contribution in [2.24, 2.45) is 11.8 Å². The van der Waals surface area contributed by atoms with Crippen LogP contribution in [0.25, 0.3) is 0 Å². The van der Waals surface area contributed by atoms with Gasteiger partial charge in [-0.15, -0.1) is 0 Å². The molecule has 94 valence electrons. The highest BCUT2D eigenvalue weighted by atomic mass is 16.5. The first-order valence-electron chi connectivity index (χ1n) is 5.85. The van der Waals surface area contributed by atoms with E-state index in [1.54, 1.807) is 13.8 Å². The van der Waals surface area contributed by atoms with Crippen molar-refractivity contribution in [1.82, 2.24) is 5.32 Å². The molecule has 4 nitrogen and oxygen atoms in total. The van der Waals surface area contributed by atoms with Crippen molar-refractivity contribution in [1.29, 1.82) is 0 Å². The number of ether oxygens (including phenoxy) is 1. The van der Waals surface area contributed by atoms with Crippen molar-refractivity contribution in [2.45, 2.75) is 47.1 Å². The van der Waals surface area contributed by atoms with E-state index in [0.717, 1.165) is 0 Å². The van der Waals surface area contributed by atoms with Gasteiger partial charge < -0.3 is 10.1 Å². The average Bonchev–Trinajstić information content (AvgIpc) is 2.16. The molecule has 0 heterocycles. The number of hydrogen-bond acceptors (Lipinski definition) is 3. The minimum absolute atomic E-state index is 0.00820. The lowest BCUT2D eigenvalue weighted by molar-refractivity contribution is -0.148. The van der Waals surface area contributed by atoms with E-state index in [1.807, 2.05) is 20.8 Å². The highest BCUT2D eigenvalue weighted by molar-refractivity contribution is 5.79. The molecule has 0 aliphatic carbocycles. The molecule has 0 aliphatic heterocycles. The third kappa shape index (κ3) is 5.73. The topological polar surface area (TPSA) is 55.4 Å². The first kappa shape index (κ1) is 14.9. The summed E-state index contributed by atoms with van der Waals surface area (Å²) in [5, 5.41) is 2.83. The predicted molar refractivity (Wildman–Crippen MR) is 62.9 cm³/mol. The molecule has 0 radical (unpaired) electrons. The maximum absolute atomic E-state index is 11.6. The lowest BCUT2D eigenvalue weighted by atomic mass is 9.96. The molecule has 1 N–H and O–H groups in total. The second kappa shape index (κ2) is 7.25. The Morgan fingerprint density at radius 2 is 1.69 bits per heavy atom. The van der Waals surface area contributed by atoms with E-state index >= 15 is 0 Å². The molecular formula is C12H23NO3. The molecule has 0 fully saturated rings. The van der Waals surface area contributed by atoms with Crippen molar-refractivity contribution in [2.75, 3.05) is 6.61 Å². The van der Waals surface area contributed by atoms with Gasteiger partial charge in [0, 0.05) is 12.0 Å². The summed E-state index contributed by atoms with van der Waals surface area (Å²) in [6.07, 6.45) is 0.525. The van der Waals surface area contributed by atoms with Crippen LogP contribution < -0.4 is 5.32 Å². The zero-order chi connectivity index (χ0) is 12.7. The Morgan fingerprint density at radius 1 is 1.12 bits per heavy atom. The number of rotatable bonds is 6. The monoisotopic (exact) mass is 229 g/mol. The van der Waals surface area contributed by atoms with E-state index in [1.165, 1.54) is 0 Å². The fourth-order valence-electron chi connectivity index (χ4n) is 1.44. The quantitative estimate of drug-likeness (QED) is 0.706. The van der Waals surface area contributed by atoms with Gasteiger partial charge in [-0.2, -0.15) is 0 Å². The summed E-state index contributed by atoms with van der Waals surface area (Å²) >= 11 is 0. The normalized spacial score (nSPS) is 14.4. The van der Waals surface area contributed by atoms with Gasteiger partial charge in [-0.3, -0.25) is 9.59 Å².